The number of hydrogen-bond acceptors (Lipinski definition) is 16. The number of unbranched alkanes of at least 4 members (excludes halogenated alkanes) is 4. The van der Waals surface area contributed by atoms with Gasteiger partial charge in [-0.15, -0.1) is 0 Å². The molecule has 4 rings (SSSR count). The molecule has 8 N–H and O–H groups in total. The van der Waals surface area contributed by atoms with Crippen LogP contribution in [0.5, 0.6) is 11.5 Å². The van der Waals surface area contributed by atoms with Crippen LogP contribution in [0, 0.1) is 0 Å². The number of nitrogens with zero attached hydrogens (tertiary/aromatic N) is 2. The summed E-state index contributed by atoms with van der Waals surface area (Å²) in [5, 5.41) is 86.4. The van der Waals surface area contributed by atoms with Gasteiger partial charge in [0.05, 0.1) is 37.8 Å². The summed E-state index contributed by atoms with van der Waals surface area (Å²) in [7, 11) is 0. The summed E-state index contributed by atoms with van der Waals surface area (Å²) in [4.78, 5) is 0. The molecule has 16 nitrogen and oxygen atoms in total. The van der Waals surface area contributed by atoms with Crippen molar-refractivity contribution in [3.05, 3.63) is 48.5 Å². The summed E-state index contributed by atoms with van der Waals surface area (Å²) in [6.07, 6.45) is -8.30. The van der Waals surface area contributed by atoms with Crippen LogP contribution in [0.25, 0.3) is 0 Å². The van der Waals surface area contributed by atoms with Crippen LogP contribution in [0.3, 0.4) is 0 Å². The van der Waals surface area contributed by atoms with Gasteiger partial charge in [0.1, 0.15) is 60.3 Å². The van der Waals surface area contributed by atoms with E-state index >= 15 is 0 Å². The van der Waals surface area contributed by atoms with Crippen LogP contribution in [0.1, 0.15) is 38.5 Å². The van der Waals surface area contributed by atoms with E-state index in [4.69, 9.17) is 28.4 Å². The van der Waals surface area contributed by atoms with E-state index in [1.807, 2.05) is 24.3 Å². The van der Waals surface area contributed by atoms with Crippen LogP contribution in [0.2, 0.25) is 0 Å². The van der Waals surface area contributed by atoms with Gasteiger partial charge in [-0.25, -0.2) is 0 Å². The van der Waals surface area contributed by atoms with Crippen molar-refractivity contribution in [3.8, 4) is 11.5 Å². The Hall–Kier alpha value is -2.84. The lowest BCUT2D eigenvalue weighted by molar-refractivity contribution is -0.301. The zero-order chi connectivity index (χ0) is 35.9. The fraction of sp³-hybridized carbons (Fsp3) is 0.647. The normalized spacial score (nSPS) is 30.1. The average molecular weight is 711 g/mol. The third-order valence-corrected chi connectivity index (χ3v) is 8.33. The van der Waals surface area contributed by atoms with Gasteiger partial charge in [-0.2, -0.15) is 10.2 Å². The predicted octanol–water partition coefficient (Wildman–Crippen LogP) is 0.833. The Morgan fingerprint density at radius 2 is 0.820 bits per heavy atom. The monoisotopic (exact) mass is 710 g/mol. The van der Waals surface area contributed by atoms with Gasteiger partial charge in [0.2, 0.25) is 0 Å². The largest absolute Gasteiger partial charge is 0.494 e. The quantitative estimate of drug-likeness (QED) is 0.0702. The Kier molecular flexibility index (Phi) is 16.7. The standard InChI is InChI=1S/C34H50N2O14/c37-19-25-27(39)29(41)31(43)33(49-25)47-17-5-1-3-15-45-23-11-7-21(8-12-23)35-36-22-9-13-24(14-10-22)46-16-4-2-6-18-48-34-32(44)30(42)28(40)26(20-38)50-34/h7-14,25-34,37-44H,1-6,15-20H2/t25-,26-,27-,28-,29+,30+,31-,32-,33-,34-/m1/s1. The van der Waals surface area contributed by atoms with Gasteiger partial charge in [0.25, 0.3) is 0 Å². The maximum atomic E-state index is 10.0. The summed E-state index contributed by atoms with van der Waals surface area (Å²) >= 11 is 0. The summed E-state index contributed by atoms with van der Waals surface area (Å²) in [5.74, 6) is 1.40. The molecule has 0 aromatic heterocycles. The van der Waals surface area contributed by atoms with E-state index < -0.39 is 74.6 Å². The molecule has 2 saturated heterocycles. The highest BCUT2D eigenvalue weighted by molar-refractivity contribution is 5.44. The summed E-state index contributed by atoms with van der Waals surface area (Å²) < 4.78 is 33.2. The van der Waals surface area contributed by atoms with Gasteiger partial charge in [-0.05, 0) is 87.1 Å². The van der Waals surface area contributed by atoms with Crippen molar-refractivity contribution in [2.24, 2.45) is 10.2 Å². The molecular formula is C34H50N2O14. The summed E-state index contributed by atoms with van der Waals surface area (Å²) in [6, 6.07) is 14.5. The molecular weight excluding hydrogens is 660 g/mol. The molecule has 0 amide bonds. The number of benzene rings is 2. The maximum Gasteiger partial charge on any atom is 0.186 e. The van der Waals surface area contributed by atoms with Crippen LogP contribution in [0.4, 0.5) is 11.4 Å². The van der Waals surface area contributed by atoms with Crippen LogP contribution >= 0.6 is 0 Å². The van der Waals surface area contributed by atoms with Gasteiger partial charge < -0.3 is 69.3 Å². The van der Waals surface area contributed by atoms with Crippen molar-refractivity contribution in [1.29, 1.82) is 0 Å². The number of aliphatic hydroxyl groups is 8. The summed E-state index contributed by atoms with van der Waals surface area (Å²) in [5.41, 5.74) is 1.33. The second-order valence-corrected chi connectivity index (χ2v) is 12.1. The smallest absolute Gasteiger partial charge is 0.186 e. The zero-order valence-electron chi connectivity index (χ0n) is 27.8. The van der Waals surface area contributed by atoms with Crippen LogP contribution in [0.15, 0.2) is 58.8 Å². The minimum Gasteiger partial charge on any atom is -0.494 e. The molecule has 0 aliphatic carbocycles. The molecule has 2 heterocycles. The highest BCUT2D eigenvalue weighted by atomic mass is 16.7. The zero-order valence-corrected chi connectivity index (χ0v) is 27.8. The van der Waals surface area contributed by atoms with Gasteiger partial charge in [0.15, 0.2) is 12.6 Å². The highest BCUT2D eigenvalue weighted by Gasteiger charge is 2.45. The first-order valence-electron chi connectivity index (χ1n) is 16.9. The molecule has 16 heteroatoms. The van der Waals surface area contributed by atoms with Crippen LogP contribution in [-0.2, 0) is 18.9 Å². The fourth-order valence-corrected chi connectivity index (χ4v) is 5.28. The average Bonchev–Trinajstić information content (AvgIpc) is 3.13. The molecule has 0 unspecified atom stereocenters. The van der Waals surface area contributed by atoms with Crippen molar-refractivity contribution >= 4 is 11.4 Å². The second kappa shape index (κ2) is 20.9. The van der Waals surface area contributed by atoms with E-state index in [1.165, 1.54) is 0 Å². The molecule has 2 aromatic rings. The van der Waals surface area contributed by atoms with E-state index in [0.29, 0.717) is 48.9 Å². The molecule has 0 spiro atoms. The van der Waals surface area contributed by atoms with E-state index in [0.717, 1.165) is 25.7 Å². The first-order valence-corrected chi connectivity index (χ1v) is 16.9. The third-order valence-electron chi connectivity index (χ3n) is 8.33. The number of ether oxygens (including phenoxy) is 6. The SMILES string of the molecule is OC[C@H]1O[C@@H](OCCCCCOc2ccc(N=Nc3ccc(OCCCCCO[C@@H]4O[C@H](CO)[C@@H](O)[C@H](O)[C@H]4O)cc3)cc2)[C@H](O)[C@@H](O)[C@@H]1O. The van der Waals surface area contributed by atoms with Crippen molar-refractivity contribution in [3.63, 3.8) is 0 Å². The molecule has 50 heavy (non-hydrogen) atoms. The molecule has 2 aliphatic heterocycles. The van der Waals surface area contributed by atoms with Gasteiger partial charge >= 0.3 is 0 Å². The molecule has 2 fully saturated rings. The molecule has 0 radical (unpaired) electrons. The highest BCUT2D eigenvalue weighted by Crippen LogP contribution is 2.25. The Bertz CT molecular complexity index is 1160. The Labute approximate surface area is 290 Å². The lowest BCUT2D eigenvalue weighted by Crippen LogP contribution is -2.59. The Morgan fingerprint density at radius 3 is 1.18 bits per heavy atom. The van der Waals surface area contributed by atoms with E-state index in [9.17, 15) is 40.9 Å². The fourth-order valence-electron chi connectivity index (χ4n) is 5.28. The number of azo groups is 1. The summed E-state index contributed by atoms with van der Waals surface area (Å²) in [6.45, 7) is 0.542. The number of hydrogen-bond donors (Lipinski definition) is 8. The predicted molar refractivity (Wildman–Crippen MR) is 175 cm³/mol. The molecule has 2 aliphatic rings. The van der Waals surface area contributed by atoms with E-state index in [-0.39, 0.29) is 13.2 Å². The van der Waals surface area contributed by atoms with E-state index in [2.05, 4.69) is 10.2 Å². The molecule has 10 atom stereocenters. The van der Waals surface area contributed by atoms with Gasteiger partial charge in [-0.1, -0.05) is 0 Å². The maximum absolute atomic E-state index is 10.0. The minimum atomic E-state index is -1.46. The van der Waals surface area contributed by atoms with Crippen molar-refractivity contribution in [2.45, 2.75) is 99.9 Å². The molecule has 0 bridgehead atoms. The number of rotatable bonds is 20. The van der Waals surface area contributed by atoms with E-state index in [1.54, 1.807) is 24.3 Å². The molecule has 280 valence electrons. The topological polar surface area (TPSA) is 242 Å². The molecule has 2 aromatic carbocycles. The van der Waals surface area contributed by atoms with Crippen molar-refractivity contribution in [2.75, 3.05) is 39.6 Å². The Balaban J connectivity index is 1.03. The first kappa shape index (κ1) is 39.9. The third kappa shape index (κ3) is 11.9. The Morgan fingerprint density at radius 1 is 0.460 bits per heavy atom. The minimum absolute atomic E-state index is 0.274. The first-order chi connectivity index (χ1) is 24.2. The van der Waals surface area contributed by atoms with Crippen LogP contribution < -0.4 is 9.47 Å². The van der Waals surface area contributed by atoms with Gasteiger partial charge in [-0.3, -0.25) is 0 Å². The lowest BCUT2D eigenvalue weighted by atomic mass is 9.99. The second-order valence-electron chi connectivity index (χ2n) is 12.1. The van der Waals surface area contributed by atoms with Gasteiger partial charge in [0, 0.05) is 13.2 Å². The number of aliphatic hydroxyl groups excluding tert-OH is 8. The van der Waals surface area contributed by atoms with Crippen LogP contribution in [-0.4, -0.2) is 142 Å². The van der Waals surface area contributed by atoms with Crippen molar-refractivity contribution in [1.82, 2.24) is 0 Å². The molecule has 0 saturated carbocycles. The lowest BCUT2D eigenvalue weighted by Gasteiger charge is -2.39. The van der Waals surface area contributed by atoms with Crippen molar-refractivity contribution < 1.29 is 69.3 Å².